The standard InChI is InChI=1S/C13H19N3OS3/c1-3-4-15-12(17)10-9(14)11(18-2)13(20-10)16-5-7-19-8-6-16/h3H,1,4-8,14H2,2H3,(H,15,17). The van der Waals surface area contributed by atoms with E-state index in [0.29, 0.717) is 17.1 Å². The summed E-state index contributed by atoms with van der Waals surface area (Å²) >= 11 is 5.08. The SMILES string of the molecule is C=CCNC(=O)c1sc(N2CCSCC2)c(SC)c1N. The van der Waals surface area contributed by atoms with Gasteiger partial charge in [-0.2, -0.15) is 11.8 Å². The molecule has 0 unspecified atom stereocenters. The molecule has 1 saturated heterocycles. The highest BCUT2D eigenvalue weighted by Gasteiger charge is 2.24. The van der Waals surface area contributed by atoms with Crippen molar-refractivity contribution in [1.29, 1.82) is 0 Å². The number of thioether (sulfide) groups is 2. The van der Waals surface area contributed by atoms with Crippen molar-refractivity contribution in [3.63, 3.8) is 0 Å². The summed E-state index contributed by atoms with van der Waals surface area (Å²) in [5.41, 5.74) is 6.77. The van der Waals surface area contributed by atoms with Crippen LogP contribution in [-0.2, 0) is 0 Å². The normalized spacial score (nSPS) is 15.2. The molecule has 0 bridgehead atoms. The summed E-state index contributed by atoms with van der Waals surface area (Å²) in [6.07, 6.45) is 3.67. The lowest BCUT2D eigenvalue weighted by Gasteiger charge is -2.27. The van der Waals surface area contributed by atoms with Crippen LogP contribution in [0.25, 0.3) is 0 Å². The summed E-state index contributed by atoms with van der Waals surface area (Å²) in [5.74, 6) is 2.15. The van der Waals surface area contributed by atoms with Gasteiger partial charge in [0.1, 0.15) is 9.88 Å². The zero-order chi connectivity index (χ0) is 14.5. The van der Waals surface area contributed by atoms with Crippen LogP contribution in [0.3, 0.4) is 0 Å². The number of nitrogens with two attached hydrogens (primary N) is 1. The Bertz CT molecular complexity index is 495. The Morgan fingerprint density at radius 2 is 2.25 bits per heavy atom. The van der Waals surface area contributed by atoms with Crippen LogP contribution in [0.1, 0.15) is 9.67 Å². The van der Waals surface area contributed by atoms with Crippen molar-refractivity contribution < 1.29 is 4.79 Å². The molecule has 1 aliphatic rings. The molecule has 0 aliphatic carbocycles. The molecular weight excluding hydrogens is 310 g/mol. The molecule has 0 spiro atoms. The van der Waals surface area contributed by atoms with Gasteiger partial charge in [0, 0.05) is 31.1 Å². The van der Waals surface area contributed by atoms with E-state index in [4.69, 9.17) is 5.73 Å². The second-order valence-electron chi connectivity index (χ2n) is 4.28. The molecule has 0 aromatic carbocycles. The third kappa shape index (κ3) is 3.27. The molecule has 0 saturated carbocycles. The van der Waals surface area contributed by atoms with Crippen LogP contribution in [0.15, 0.2) is 17.6 Å². The number of anilines is 2. The maximum absolute atomic E-state index is 12.1. The molecule has 1 amide bonds. The fourth-order valence-corrected chi connectivity index (χ4v) is 5.05. The van der Waals surface area contributed by atoms with Crippen molar-refractivity contribution in [1.82, 2.24) is 5.32 Å². The first-order valence-electron chi connectivity index (χ1n) is 6.37. The first-order chi connectivity index (χ1) is 9.69. The van der Waals surface area contributed by atoms with Gasteiger partial charge in [0.25, 0.3) is 5.91 Å². The molecule has 4 nitrogen and oxygen atoms in total. The average molecular weight is 330 g/mol. The third-order valence-corrected chi connectivity index (χ3v) is 6.16. The summed E-state index contributed by atoms with van der Waals surface area (Å²) in [4.78, 5) is 16.1. The number of carbonyl (C=O) groups is 1. The number of thiophene rings is 1. The molecule has 0 radical (unpaired) electrons. The van der Waals surface area contributed by atoms with Crippen LogP contribution in [-0.4, -0.2) is 43.3 Å². The molecule has 20 heavy (non-hydrogen) atoms. The summed E-state index contributed by atoms with van der Waals surface area (Å²) in [6, 6.07) is 0. The highest BCUT2D eigenvalue weighted by atomic mass is 32.2. The smallest absolute Gasteiger partial charge is 0.263 e. The second-order valence-corrected chi connectivity index (χ2v) is 7.32. The molecule has 3 N–H and O–H groups in total. The van der Waals surface area contributed by atoms with Gasteiger partial charge in [-0.1, -0.05) is 6.08 Å². The van der Waals surface area contributed by atoms with E-state index in [1.54, 1.807) is 17.8 Å². The van der Waals surface area contributed by atoms with Gasteiger partial charge in [0.2, 0.25) is 0 Å². The van der Waals surface area contributed by atoms with E-state index in [-0.39, 0.29) is 5.91 Å². The number of hydrogen-bond acceptors (Lipinski definition) is 6. The highest BCUT2D eigenvalue weighted by molar-refractivity contribution is 7.99. The molecule has 1 aromatic rings. The Balaban J connectivity index is 2.27. The van der Waals surface area contributed by atoms with Gasteiger partial charge in [0.05, 0.1) is 10.6 Å². The van der Waals surface area contributed by atoms with E-state index in [2.05, 4.69) is 16.8 Å². The largest absolute Gasteiger partial charge is 0.396 e. The quantitative estimate of drug-likeness (QED) is 0.642. The van der Waals surface area contributed by atoms with Gasteiger partial charge < -0.3 is 16.0 Å². The summed E-state index contributed by atoms with van der Waals surface area (Å²) in [6.45, 7) is 6.10. The lowest BCUT2D eigenvalue weighted by molar-refractivity contribution is 0.0963. The van der Waals surface area contributed by atoms with E-state index in [1.807, 2.05) is 18.0 Å². The van der Waals surface area contributed by atoms with E-state index < -0.39 is 0 Å². The van der Waals surface area contributed by atoms with Crippen molar-refractivity contribution >= 4 is 51.5 Å². The van der Waals surface area contributed by atoms with Crippen molar-refractivity contribution in [2.45, 2.75) is 4.90 Å². The van der Waals surface area contributed by atoms with Gasteiger partial charge in [0.15, 0.2) is 0 Å². The number of nitrogens with one attached hydrogen (secondary N) is 1. The molecule has 2 rings (SSSR count). The van der Waals surface area contributed by atoms with E-state index in [1.165, 1.54) is 11.3 Å². The topological polar surface area (TPSA) is 58.4 Å². The third-order valence-electron chi connectivity index (χ3n) is 3.00. The second kappa shape index (κ2) is 7.28. The molecule has 2 heterocycles. The Morgan fingerprint density at radius 3 is 2.85 bits per heavy atom. The van der Waals surface area contributed by atoms with Crippen LogP contribution < -0.4 is 16.0 Å². The maximum atomic E-state index is 12.1. The van der Waals surface area contributed by atoms with Gasteiger partial charge >= 0.3 is 0 Å². The lowest BCUT2D eigenvalue weighted by atomic mass is 10.3. The summed E-state index contributed by atoms with van der Waals surface area (Å²) in [5, 5.41) is 3.94. The van der Waals surface area contributed by atoms with Crippen LogP contribution in [0.5, 0.6) is 0 Å². The molecule has 1 aromatic heterocycles. The minimum Gasteiger partial charge on any atom is -0.396 e. The highest BCUT2D eigenvalue weighted by Crippen LogP contribution is 2.44. The summed E-state index contributed by atoms with van der Waals surface area (Å²) in [7, 11) is 0. The van der Waals surface area contributed by atoms with Gasteiger partial charge in [-0.15, -0.1) is 29.7 Å². The monoisotopic (exact) mass is 329 g/mol. The van der Waals surface area contributed by atoms with Crippen LogP contribution >= 0.6 is 34.9 Å². The lowest BCUT2D eigenvalue weighted by Crippen LogP contribution is -2.32. The molecule has 110 valence electrons. The summed E-state index contributed by atoms with van der Waals surface area (Å²) < 4.78 is 0. The molecule has 0 atom stereocenters. The van der Waals surface area contributed by atoms with Crippen LogP contribution in [0, 0.1) is 0 Å². The Hall–Kier alpha value is -0.790. The number of carbonyl (C=O) groups excluding carboxylic acids is 1. The average Bonchev–Trinajstić information content (AvgIpc) is 2.82. The Labute approximate surface area is 132 Å². The predicted molar refractivity (Wildman–Crippen MR) is 92.6 cm³/mol. The number of nitrogens with zero attached hydrogens (tertiary/aromatic N) is 1. The van der Waals surface area contributed by atoms with Crippen molar-refractivity contribution in [2.75, 3.05) is 48.0 Å². The first-order valence-corrected chi connectivity index (χ1v) is 9.56. The predicted octanol–water partition coefficient (Wildman–Crippen LogP) is 2.52. The zero-order valence-corrected chi connectivity index (χ0v) is 13.9. The first kappa shape index (κ1) is 15.6. The minimum atomic E-state index is -0.111. The minimum absolute atomic E-state index is 0.111. The van der Waals surface area contributed by atoms with Gasteiger partial charge in [-0.3, -0.25) is 4.79 Å². The fourth-order valence-electron chi connectivity index (χ4n) is 2.00. The van der Waals surface area contributed by atoms with Gasteiger partial charge in [-0.25, -0.2) is 0 Å². The number of hydrogen-bond donors (Lipinski definition) is 2. The number of nitrogen functional groups attached to an aromatic ring is 1. The van der Waals surface area contributed by atoms with E-state index >= 15 is 0 Å². The number of rotatable bonds is 5. The molecule has 7 heteroatoms. The number of amides is 1. The fraction of sp³-hybridized carbons (Fsp3) is 0.462. The van der Waals surface area contributed by atoms with Crippen molar-refractivity contribution in [3.8, 4) is 0 Å². The van der Waals surface area contributed by atoms with E-state index in [0.717, 1.165) is 34.5 Å². The van der Waals surface area contributed by atoms with Crippen LogP contribution in [0.2, 0.25) is 0 Å². The molecule has 1 fully saturated rings. The Morgan fingerprint density at radius 1 is 1.55 bits per heavy atom. The van der Waals surface area contributed by atoms with Crippen molar-refractivity contribution in [3.05, 3.63) is 17.5 Å². The Kier molecular flexibility index (Phi) is 5.68. The van der Waals surface area contributed by atoms with Crippen LogP contribution in [0.4, 0.5) is 10.7 Å². The van der Waals surface area contributed by atoms with Gasteiger partial charge in [-0.05, 0) is 6.26 Å². The van der Waals surface area contributed by atoms with E-state index in [9.17, 15) is 4.79 Å². The zero-order valence-electron chi connectivity index (χ0n) is 11.5. The molecular formula is C13H19N3OS3. The maximum Gasteiger partial charge on any atom is 0.263 e. The van der Waals surface area contributed by atoms with Crippen molar-refractivity contribution in [2.24, 2.45) is 0 Å². The molecule has 1 aliphatic heterocycles.